The Hall–Kier alpha value is -2.91. The molecule has 28 heavy (non-hydrogen) atoms. The Labute approximate surface area is 160 Å². The number of halogens is 1. The number of aromatic nitrogens is 1. The van der Waals surface area contributed by atoms with Crippen molar-refractivity contribution in [2.45, 2.75) is 17.7 Å². The van der Waals surface area contributed by atoms with Crippen molar-refractivity contribution in [3.8, 4) is 5.75 Å². The molecule has 9 heteroatoms. The summed E-state index contributed by atoms with van der Waals surface area (Å²) in [6.07, 6.45) is 1.61. The van der Waals surface area contributed by atoms with Crippen LogP contribution >= 0.6 is 0 Å². The summed E-state index contributed by atoms with van der Waals surface area (Å²) in [7, 11) is -3.69. The maximum absolute atomic E-state index is 13.8. The zero-order chi connectivity index (χ0) is 19.9. The summed E-state index contributed by atoms with van der Waals surface area (Å²) < 4.78 is 40.6. The number of benzene rings is 2. The number of nitrogens with one attached hydrogen (secondary N) is 2. The maximum Gasteiger partial charge on any atom is 0.272 e. The number of fused-ring (bicyclic) bond motifs is 1. The third-order valence-electron chi connectivity index (χ3n) is 4.77. The van der Waals surface area contributed by atoms with Crippen molar-refractivity contribution in [1.29, 1.82) is 0 Å². The molecule has 0 atom stereocenters. The van der Waals surface area contributed by atoms with Crippen LogP contribution in [0.5, 0.6) is 5.75 Å². The van der Waals surface area contributed by atoms with Gasteiger partial charge in [0.1, 0.15) is 17.3 Å². The first-order chi connectivity index (χ1) is 13.4. The van der Waals surface area contributed by atoms with Gasteiger partial charge in [0.15, 0.2) is 0 Å². The van der Waals surface area contributed by atoms with E-state index in [4.69, 9.17) is 0 Å². The zero-order valence-electron chi connectivity index (χ0n) is 14.8. The lowest BCUT2D eigenvalue weighted by Gasteiger charge is -2.16. The molecule has 0 radical (unpaired) electrons. The number of aromatic hydroxyl groups is 1. The van der Waals surface area contributed by atoms with Crippen molar-refractivity contribution >= 4 is 32.5 Å². The molecule has 0 aliphatic carbocycles. The Morgan fingerprint density at radius 3 is 2.61 bits per heavy atom. The number of rotatable bonds is 4. The summed E-state index contributed by atoms with van der Waals surface area (Å²) in [4.78, 5) is 15.3. The van der Waals surface area contributed by atoms with E-state index < -0.39 is 21.7 Å². The van der Waals surface area contributed by atoms with Crippen LogP contribution in [0.1, 0.15) is 23.3 Å². The molecule has 2 aromatic carbocycles. The summed E-state index contributed by atoms with van der Waals surface area (Å²) in [6.45, 7) is 0.900. The van der Waals surface area contributed by atoms with Crippen LogP contribution in [-0.2, 0) is 10.0 Å². The third-order valence-corrected chi connectivity index (χ3v) is 6.67. The first-order valence-corrected chi connectivity index (χ1v) is 10.2. The highest BCUT2D eigenvalue weighted by Crippen LogP contribution is 2.30. The number of nitrogens with zero attached hydrogens (tertiary/aromatic N) is 1. The standard InChI is InChI=1S/C19H18FN3O4S/c20-14-4-3-5-15-13(14)11-17(21-15)19(25)22-16-10-12(6-7-18(16)24)28(26,27)23-8-1-2-9-23/h3-7,10-11,21,24H,1-2,8-9H2,(H,22,25). The molecule has 4 rings (SSSR count). The second kappa shape index (κ2) is 6.92. The predicted octanol–water partition coefficient (Wildman–Crippen LogP) is 3.05. The SMILES string of the molecule is O=C(Nc1cc(S(=O)(=O)N2CCCC2)ccc1O)c1cc2c(F)cccc2[nH]1. The summed E-state index contributed by atoms with van der Waals surface area (Å²) in [5.41, 5.74) is 0.511. The first kappa shape index (κ1) is 18.5. The van der Waals surface area contributed by atoms with E-state index in [-0.39, 0.29) is 27.4 Å². The number of hydrogen-bond acceptors (Lipinski definition) is 4. The minimum Gasteiger partial charge on any atom is -0.506 e. The quantitative estimate of drug-likeness (QED) is 0.583. The largest absolute Gasteiger partial charge is 0.506 e. The molecular formula is C19H18FN3O4S. The van der Waals surface area contributed by atoms with Gasteiger partial charge in [-0.15, -0.1) is 0 Å². The second-order valence-electron chi connectivity index (χ2n) is 6.63. The smallest absolute Gasteiger partial charge is 0.272 e. The van der Waals surface area contributed by atoms with Crippen LogP contribution in [-0.4, -0.2) is 41.8 Å². The molecule has 0 saturated carbocycles. The second-order valence-corrected chi connectivity index (χ2v) is 8.57. The van der Waals surface area contributed by atoms with Crippen molar-refractivity contribution in [3.63, 3.8) is 0 Å². The summed E-state index contributed by atoms with van der Waals surface area (Å²) in [5.74, 6) is -1.35. The van der Waals surface area contributed by atoms with Gasteiger partial charge in [0.25, 0.3) is 5.91 Å². The topological polar surface area (TPSA) is 102 Å². The highest BCUT2D eigenvalue weighted by Gasteiger charge is 2.28. The van der Waals surface area contributed by atoms with Gasteiger partial charge in [-0.2, -0.15) is 4.31 Å². The number of hydrogen-bond donors (Lipinski definition) is 3. The number of carbonyl (C=O) groups excluding carboxylic acids is 1. The van der Waals surface area contributed by atoms with E-state index in [1.165, 1.54) is 40.7 Å². The van der Waals surface area contributed by atoms with Crippen LogP contribution in [0.25, 0.3) is 10.9 Å². The minimum absolute atomic E-state index is 0.00908. The number of anilines is 1. The minimum atomic E-state index is -3.69. The van der Waals surface area contributed by atoms with Gasteiger partial charge in [0, 0.05) is 24.0 Å². The molecular weight excluding hydrogens is 385 g/mol. The fraction of sp³-hybridized carbons (Fsp3) is 0.211. The van der Waals surface area contributed by atoms with Gasteiger partial charge in [0.05, 0.1) is 10.6 Å². The van der Waals surface area contributed by atoms with Gasteiger partial charge in [-0.3, -0.25) is 4.79 Å². The van der Waals surface area contributed by atoms with E-state index in [1.807, 2.05) is 0 Å². The molecule has 0 bridgehead atoms. The average Bonchev–Trinajstić information content (AvgIpc) is 3.34. The monoisotopic (exact) mass is 403 g/mol. The molecule has 3 N–H and O–H groups in total. The Morgan fingerprint density at radius 1 is 1.14 bits per heavy atom. The molecule has 1 saturated heterocycles. The van der Waals surface area contributed by atoms with Gasteiger partial charge in [0.2, 0.25) is 10.0 Å². The fourth-order valence-electron chi connectivity index (χ4n) is 3.28. The van der Waals surface area contributed by atoms with E-state index in [1.54, 1.807) is 6.07 Å². The number of carbonyl (C=O) groups is 1. The molecule has 7 nitrogen and oxygen atoms in total. The highest BCUT2D eigenvalue weighted by molar-refractivity contribution is 7.89. The van der Waals surface area contributed by atoms with Crippen LogP contribution in [0.4, 0.5) is 10.1 Å². The summed E-state index contributed by atoms with van der Waals surface area (Å²) in [5, 5.41) is 12.8. The first-order valence-electron chi connectivity index (χ1n) is 8.78. The molecule has 146 valence electrons. The van der Waals surface area contributed by atoms with Gasteiger partial charge in [-0.25, -0.2) is 12.8 Å². The summed E-state index contributed by atoms with van der Waals surface area (Å²) >= 11 is 0. The number of aromatic amines is 1. The molecule has 1 aliphatic rings. The molecule has 0 spiro atoms. The third kappa shape index (κ3) is 3.23. The van der Waals surface area contributed by atoms with Crippen LogP contribution in [0.15, 0.2) is 47.4 Å². The number of phenolic OH excluding ortho intramolecular Hbond substituents is 1. The van der Waals surface area contributed by atoms with Gasteiger partial charge >= 0.3 is 0 Å². The lowest BCUT2D eigenvalue weighted by molar-refractivity contribution is 0.102. The normalized spacial score (nSPS) is 15.2. The molecule has 2 heterocycles. The number of H-pyrrole nitrogens is 1. The molecule has 1 aliphatic heterocycles. The average molecular weight is 403 g/mol. The number of amides is 1. The van der Waals surface area contributed by atoms with Crippen molar-refractivity contribution in [3.05, 3.63) is 54.0 Å². The van der Waals surface area contributed by atoms with Gasteiger partial charge < -0.3 is 15.4 Å². The molecule has 3 aromatic rings. The molecule has 1 fully saturated rings. The lowest BCUT2D eigenvalue weighted by Crippen LogP contribution is -2.28. The van der Waals surface area contributed by atoms with E-state index in [2.05, 4.69) is 10.3 Å². The summed E-state index contributed by atoms with van der Waals surface area (Å²) in [6, 6.07) is 9.56. The predicted molar refractivity (Wildman–Crippen MR) is 102 cm³/mol. The Morgan fingerprint density at radius 2 is 1.89 bits per heavy atom. The fourth-order valence-corrected chi connectivity index (χ4v) is 4.83. The molecule has 0 unspecified atom stereocenters. The van der Waals surface area contributed by atoms with Gasteiger partial charge in [-0.05, 0) is 49.2 Å². The Kier molecular flexibility index (Phi) is 4.56. The molecule has 1 aromatic heterocycles. The number of phenols is 1. The van der Waals surface area contributed by atoms with E-state index >= 15 is 0 Å². The number of sulfonamides is 1. The van der Waals surface area contributed by atoms with Crippen molar-refractivity contribution in [2.75, 3.05) is 18.4 Å². The van der Waals surface area contributed by atoms with Crippen LogP contribution < -0.4 is 5.32 Å². The maximum atomic E-state index is 13.8. The van der Waals surface area contributed by atoms with Crippen LogP contribution in [0.3, 0.4) is 0 Å². The highest BCUT2D eigenvalue weighted by atomic mass is 32.2. The van der Waals surface area contributed by atoms with Crippen LogP contribution in [0.2, 0.25) is 0 Å². The van der Waals surface area contributed by atoms with Crippen LogP contribution in [0, 0.1) is 5.82 Å². The van der Waals surface area contributed by atoms with E-state index in [0.29, 0.717) is 18.6 Å². The zero-order valence-corrected chi connectivity index (χ0v) is 15.6. The molecule has 1 amide bonds. The van der Waals surface area contributed by atoms with Gasteiger partial charge in [-0.1, -0.05) is 6.07 Å². The van der Waals surface area contributed by atoms with E-state index in [9.17, 15) is 22.7 Å². The Bertz CT molecular complexity index is 1170. The lowest BCUT2D eigenvalue weighted by atomic mass is 10.2. The van der Waals surface area contributed by atoms with Crippen molar-refractivity contribution < 1.29 is 22.7 Å². The van der Waals surface area contributed by atoms with Crippen molar-refractivity contribution in [2.24, 2.45) is 0 Å². The van der Waals surface area contributed by atoms with Crippen molar-refractivity contribution in [1.82, 2.24) is 9.29 Å². The van der Waals surface area contributed by atoms with E-state index in [0.717, 1.165) is 12.8 Å². The Balaban J connectivity index is 1.63.